The van der Waals surface area contributed by atoms with Crippen LogP contribution >= 0.6 is 0 Å². The number of hydrogen-bond donors (Lipinski definition) is 4. The Morgan fingerprint density at radius 2 is 1.46 bits per heavy atom. The molecule has 52 heavy (non-hydrogen) atoms. The minimum atomic E-state index is -4.50. The average Bonchev–Trinajstić information content (AvgIpc) is 3.02. The molecule has 18 nitrogen and oxygen atoms in total. The van der Waals surface area contributed by atoms with Crippen LogP contribution in [0, 0.1) is 10.1 Å². The van der Waals surface area contributed by atoms with E-state index in [1.54, 1.807) is 20.8 Å². The third-order valence-electron chi connectivity index (χ3n) is 7.16. The van der Waals surface area contributed by atoms with E-state index in [0.29, 0.717) is 5.56 Å². The summed E-state index contributed by atoms with van der Waals surface area (Å²) in [6.07, 6.45) is -0.187. The number of sulfone groups is 1. The molecule has 280 valence electrons. The summed E-state index contributed by atoms with van der Waals surface area (Å²) in [5.41, 5.74) is -2.15. The van der Waals surface area contributed by atoms with E-state index in [0.717, 1.165) is 40.7 Å². The van der Waals surface area contributed by atoms with Gasteiger partial charge in [0.2, 0.25) is 10.0 Å². The van der Waals surface area contributed by atoms with E-state index in [-0.39, 0.29) is 28.6 Å². The Bertz CT molecular complexity index is 2530. The number of nitro groups is 1. The highest BCUT2D eigenvalue weighted by atomic mass is 32.2. The molecule has 0 radical (unpaired) electrons. The molecule has 0 bridgehead atoms. The summed E-state index contributed by atoms with van der Waals surface area (Å²) in [4.78, 5) is 9.09. The second kappa shape index (κ2) is 14.4. The number of nitrogens with zero attached hydrogens (tertiary/aromatic N) is 4. The molecule has 4 aromatic rings. The van der Waals surface area contributed by atoms with Crippen LogP contribution in [0.2, 0.25) is 0 Å². The lowest BCUT2D eigenvalue weighted by molar-refractivity contribution is -0.385. The number of anilines is 1. The van der Waals surface area contributed by atoms with Crippen LogP contribution < -0.4 is 9.44 Å². The quantitative estimate of drug-likeness (QED) is 0.0633. The second-order valence-electron chi connectivity index (χ2n) is 12.5. The van der Waals surface area contributed by atoms with Crippen molar-refractivity contribution in [2.24, 2.45) is 10.2 Å². The van der Waals surface area contributed by atoms with Gasteiger partial charge < -0.3 is 5.11 Å². The van der Waals surface area contributed by atoms with Crippen molar-refractivity contribution in [3.63, 3.8) is 0 Å². The number of rotatable bonds is 13. The zero-order valence-corrected chi connectivity index (χ0v) is 31.4. The summed E-state index contributed by atoms with van der Waals surface area (Å²) in [6, 6.07) is 12.3. The third kappa shape index (κ3) is 9.25. The van der Waals surface area contributed by atoms with Gasteiger partial charge in [-0.3, -0.25) is 19.4 Å². The molecule has 4 aromatic carbocycles. The molecule has 0 aliphatic carbocycles. The van der Waals surface area contributed by atoms with Crippen LogP contribution in [0.15, 0.2) is 91.6 Å². The van der Waals surface area contributed by atoms with E-state index in [2.05, 4.69) is 19.7 Å². The first-order chi connectivity index (χ1) is 23.8. The number of nitro benzene ring substituents is 1. The number of azo groups is 1. The zero-order chi connectivity index (χ0) is 39.0. The van der Waals surface area contributed by atoms with Crippen LogP contribution in [0.25, 0.3) is 10.8 Å². The molecule has 0 saturated carbocycles. The molecule has 4 rings (SSSR count). The standard InChI is InChI=1S/C30H34N6O12S4/c1-30(2,3)34-50(42,43)27-18-25(28-22(29(27)37)7-6-8-24(28)33-52(47,48)35(4)5)32-31-23-14-11-20(36(38)39)17-26(23)49(40,41)16-15-19-9-12-21(13-10-19)51(44,45)46/h6-14,17-18,33-34,37H,15-16H2,1-5H3,(H,44,45,46). The largest absolute Gasteiger partial charge is 0.506 e. The molecule has 0 aliphatic rings. The minimum absolute atomic E-state index is 0.122. The fourth-order valence-corrected chi connectivity index (χ4v) is 8.84. The molecule has 0 amide bonds. The molecule has 0 unspecified atom stereocenters. The van der Waals surface area contributed by atoms with Crippen molar-refractivity contribution in [3.05, 3.63) is 82.4 Å². The van der Waals surface area contributed by atoms with Gasteiger partial charge in [0.05, 0.1) is 26.9 Å². The van der Waals surface area contributed by atoms with Gasteiger partial charge in [-0.1, -0.05) is 24.3 Å². The summed E-state index contributed by atoms with van der Waals surface area (Å²) in [6.45, 7) is 4.67. The monoisotopic (exact) mass is 798 g/mol. The molecule has 0 atom stereocenters. The van der Waals surface area contributed by atoms with Crippen LogP contribution in [0.5, 0.6) is 5.75 Å². The summed E-state index contributed by atoms with van der Waals surface area (Å²) in [5, 5.41) is 30.7. The van der Waals surface area contributed by atoms with Crippen LogP contribution in [0.4, 0.5) is 22.7 Å². The third-order valence-corrected chi connectivity index (χ3v) is 13.0. The molecule has 0 heterocycles. The maximum absolute atomic E-state index is 13.6. The Morgan fingerprint density at radius 1 is 0.846 bits per heavy atom. The molecule has 0 fully saturated rings. The van der Waals surface area contributed by atoms with Gasteiger partial charge in [-0.2, -0.15) is 21.1 Å². The predicted molar refractivity (Wildman–Crippen MR) is 191 cm³/mol. The van der Waals surface area contributed by atoms with E-state index in [1.165, 1.54) is 44.4 Å². The van der Waals surface area contributed by atoms with Gasteiger partial charge in [0, 0.05) is 42.5 Å². The first-order valence-corrected chi connectivity index (χ1v) is 20.9. The number of hydrogen-bond acceptors (Lipinski definition) is 13. The van der Waals surface area contributed by atoms with Crippen LogP contribution in [-0.4, -0.2) is 77.9 Å². The van der Waals surface area contributed by atoms with E-state index in [1.807, 2.05) is 0 Å². The predicted octanol–water partition coefficient (Wildman–Crippen LogP) is 4.43. The van der Waals surface area contributed by atoms with Gasteiger partial charge in [0.25, 0.3) is 15.8 Å². The zero-order valence-electron chi connectivity index (χ0n) is 28.2. The summed E-state index contributed by atoms with van der Waals surface area (Å²) >= 11 is 0. The minimum Gasteiger partial charge on any atom is -0.506 e. The van der Waals surface area contributed by atoms with E-state index in [9.17, 15) is 53.4 Å². The first kappa shape index (κ1) is 40.2. The molecular formula is C30H34N6O12S4. The summed E-state index contributed by atoms with van der Waals surface area (Å²) in [7, 11) is -15.0. The van der Waals surface area contributed by atoms with Crippen molar-refractivity contribution in [1.82, 2.24) is 9.03 Å². The highest BCUT2D eigenvalue weighted by Gasteiger charge is 2.29. The highest BCUT2D eigenvalue weighted by molar-refractivity contribution is 7.91. The first-order valence-electron chi connectivity index (χ1n) is 14.8. The number of fused-ring (bicyclic) bond motifs is 1. The lowest BCUT2D eigenvalue weighted by Crippen LogP contribution is -2.40. The van der Waals surface area contributed by atoms with Crippen LogP contribution in [0.3, 0.4) is 0 Å². The van der Waals surface area contributed by atoms with Gasteiger partial charge in [-0.25, -0.2) is 21.6 Å². The molecule has 0 aromatic heterocycles. The molecule has 22 heteroatoms. The van der Waals surface area contributed by atoms with E-state index in [4.69, 9.17) is 0 Å². The number of sulfonamides is 1. The van der Waals surface area contributed by atoms with Crippen molar-refractivity contribution >= 4 is 73.7 Å². The SMILES string of the molecule is CN(C)S(=O)(=O)Nc1cccc2c(O)c(S(=O)(=O)NC(C)(C)C)cc(N=Nc3ccc([N+](=O)[O-])cc3S(=O)(=O)CCc3ccc(S(=O)(=O)O)cc3)c12. The van der Waals surface area contributed by atoms with E-state index < -0.39 is 88.2 Å². The van der Waals surface area contributed by atoms with Gasteiger partial charge in [0.1, 0.15) is 21.2 Å². The molecular weight excluding hydrogens is 765 g/mol. The smallest absolute Gasteiger partial charge is 0.301 e. The fraction of sp³-hybridized carbons (Fsp3) is 0.267. The topological polar surface area (TPSA) is 272 Å². The average molecular weight is 799 g/mol. The number of nitrogens with one attached hydrogen (secondary N) is 2. The van der Waals surface area contributed by atoms with Crippen molar-refractivity contribution in [2.45, 2.75) is 47.4 Å². The molecule has 0 spiro atoms. The van der Waals surface area contributed by atoms with Gasteiger partial charge in [-0.05, 0) is 63.1 Å². The van der Waals surface area contributed by atoms with Crippen molar-refractivity contribution in [1.29, 1.82) is 0 Å². The number of phenols is 1. The normalized spacial score (nSPS) is 13.2. The Kier molecular flexibility index (Phi) is 11.2. The Labute approximate surface area is 300 Å². The maximum atomic E-state index is 13.6. The number of non-ortho nitro benzene ring substituents is 1. The number of phenolic OH excluding ortho intramolecular Hbond substituents is 1. The van der Waals surface area contributed by atoms with Crippen LogP contribution in [0.1, 0.15) is 26.3 Å². The Balaban J connectivity index is 1.91. The lowest BCUT2D eigenvalue weighted by atomic mass is 10.1. The molecule has 0 aliphatic heterocycles. The Hall–Kier alpha value is -4.58. The van der Waals surface area contributed by atoms with Crippen LogP contribution in [-0.2, 0) is 46.6 Å². The molecule has 0 saturated heterocycles. The highest BCUT2D eigenvalue weighted by Crippen LogP contribution is 2.43. The van der Waals surface area contributed by atoms with Gasteiger partial charge in [0.15, 0.2) is 9.84 Å². The summed E-state index contributed by atoms with van der Waals surface area (Å²) < 4.78 is 117. The van der Waals surface area contributed by atoms with Crippen molar-refractivity contribution in [2.75, 3.05) is 24.6 Å². The van der Waals surface area contributed by atoms with Crippen molar-refractivity contribution in [3.8, 4) is 5.75 Å². The number of benzene rings is 4. The fourth-order valence-electron chi connectivity index (χ4n) is 4.73. The Morgan fingerprint density at radius 3 is 2.02 bits per heavy atom. The number of aromatic hydroxyl groups is 1. The number of aryl methyl sites for hydroxylation is 1. The van der Waals surface area contributed by atoms with Gasteiger partial charge in [-0.15, -0.1) is 10.2 Å². The van der Waals surface area contributed by atoms with Crippen molar-refractivity contribution < 1.29 is 48.3 Å². The van der Waals surface area contributed by atoms with Gasteiger partial charge >= 0.3 is 10.2 Å². The maximum Gasteiger partial charge on any atom is 0.301 e. The van der Waals surface area contributed by atoms with E-state index >= 15 is 0 Å². The molecule has 4 N–H and O–H groups in total. The lowest BCUT2D eigenvalue weighted by Gasteiger charge is -2.22. The second-order valence-corrected chi connectivity index (χ2v) is 19.5. The summed E-state index contributed by atoms with van der Waals surface area (Å²) in [5.74, 6) is -1.39.